The van der Waals surface area contributed by atoms with Crippen molar-refractivity contribution in [1.29, 1.82) is 0 Å². The van der Waals surface area contributed by atoms with Crippen molar-refractivity contribution in [3.8, 4) is 11.5 Å². The van der Waals surface area contributed by atoms with E-state index >= 15 is 0 Å². The van der Waals surface area contributed by atoms with Crippen LogP contribution in [0, 0.1) is 10.8 Å². The lowest BCUT2D eigenvalue weighted by molar-refractivity contribution is -0.120. The number of phenolic OH excluding ortho intramolecular Hbond substituents is 1. The molecule has 1 N–H and O–H groups in total. The molecule has 0 bridgehead atoms. The van der Waals surface area contributed by atoms with E-state index in [1.54, 1.807) is 12.1 Å². The number of carbonyl (C=O) groups excluding carboxylic acids is 2. The first-order valence-electron chi connectivity index (χ1n) is 10.8. The van der Waals surface area contributed by atoms with Crippen molar-refractivity contribution in [1.82, 2.24) is 0 Å². The number of aromatic hydroxyl groups is 1. The molecule has 166 valence electrons. The maximum Gasteiger partial charge on any atom is 0.163 e. The van der Waals surface area contributed by atoms with Crippen molar-refractivity contribution in [2.24, 2.45) is 10.8 Å². The molecule has 0 amide bonds. The van der Waals surface area contributed by atoms with Crippen molar-refractivity contribution in [2.75, 3.05) is 6.61 Å². The van der Waals surface area contributed by atoms with Gasteiger partial charge in [-0.2, -0.15) is 0 Å². The zero-order valence-electron chi connectivity index (χ0n) is 18.7. The highest BCUT2D eigenvalue weighted by atomic mass is 79.9. The quantitative estimate of drug-likeness (QED) is 0.568. The summed E-state index contributed by atoms with van der Waals surface area (Å²) in [6.07, 6.45) is 2.10. The zero-order chi connectivity index (χ0) is 22.7. The van der Waals surface area contributed by atoms with Crippen molar-refractivity contribution in [3.05, 3.63) is 44.8 Å². The van der Waals surface area contributed by atoms with Crippen LogP contribution < -0.4 is 4.74 Å². The van der Waals surface area contributed by atoms with Crippen LogP contribution in [0.15, 0.2) is 39.3 Å². The van der Waals surface area contributed by atoms with E-state index in [9.17, 15) is 14.7 Å². The summed E-state index contributed by atoms with van der Waals surface area (Å²) < 4.78 is 12.6. The van der Waals surface area contributed by atoms with Crippen LogP contribution in [0.25, 0.3) is 0 Å². The van der Waals surface area contributed by atoms with Crippen LogP contribution in [-0.4, -0.2) is 23.3 Å². The highest BCUT2D eigenvalue weighted by Crippen LogP contribution is 2.54. The fourth-order valence-electron chi connectivity index (χ4n) is 5.04. The third kappa shape index (κ3) is 3.95. The van der Waals surface area contributed by atoms with E-state index in [1.165, 1.54) is 0 Å². The van der Waals surface area contributed by atoms with Crippen LogP contribution in [-0.2, 0) is 14.3 Å². The van der Waals surface area contributed by atoms with Crippen LogP contribution in [0.2, 0.25) is 0 Å². The van der Waals surface area contributed by atoms with Gasteiger partial charge in [0.15, 0.2) is 23.1 Å². The first-order valence-corrected chi connectivity index (χ1v) is 11.6. The van der Waals surface area contributed by atoms with Gasteiger partial charge in [-0.15, -0.1) is 0 Å². The number of hydrogen-bond acceptors (Lipinski definition) is 5. The normalized spacial score (nSPS) is 22.8. The van der Waals surface area contributed by atoms with Gasteiger partial charge in [-0.25, -0.2) is 0 Å². The van der Waals surface area contributed by atoms with Gasteiger partial charge < -0.3 is 14.6 Å². The molecule has 0 spiro atoms. The van der Waals surface area contributed by atoms with Crippen LogP contribution in [0.4, 0.5) is 0 Å². The molecule has 1 aromatic carbocycles. The summed E-state index contributed by atoms with van der Waals surface area (Å²) in [4.78, 5) is 26.7. The average molecular weight is 489 g/mol. The molecule has 2 aliphatic carbocycles. The number of hydrogen-bond donors (Lipinski definition) is 1. The summed E-state index contributed by atoms with van der Waals surface area (Å²) in [5, 5.41) is 10.3. The van der Waals surface area contributed by atoms with Crippen molar-refractivity contribution in [2.45, 2.75) is 66.2 Å². The molecule has 31 heavy (non-hydrogen) atoms. The van der Waals surface area contributed by atoms with E-state index in [-0.39, 0.29) is 28.1 Å². The first-order chi connectivity index (χ1) is 14.4. The van der Waals surface area contributed by atoms with E-state index < -0.39 is 5.92 Å². The fraction of sp³-hybridized carbons (Fsp3) is 0.520. The number of carbonyl (C=O) groups is 2. The molecule has 0 fully saturated rings. The number of halogens is 1. The van der Waals surface area contributed by atoms with Gasteiger partial charge in [0.05, 0.1) is 6.61 Å². The molecular formula is C25H29BrO5. The second kappa shape index (κ2) is 7.51. The Labute approximate surface area is 191 Å². The van der Waals surface area contributed by atoms with Crippen LogP contribution in [0.5, 0.6) is 11.5 Å². The van der Waals surface area contributed by atoms with E-state index in [2.05, 4.69) is 43.6 Å². The van der Waals surface area contributed by atoms with Gasteiger partial charge in [-0.3, -0.25) is 9.59 Å². The van der Waals surface area contributed by atoms with Gasteiger partial charge in [0.2, 0.25) is 0 Å². The SMILES string of the molecule is CCOc1cc(C2C3=C(CC(C)(C)CC3=O)OC3=C2C(=O)CC(C)(C)C3)c(Br)cc1O. The standard InChI is InChI=1S/C25H29BrO5/c1-6-30-18-7-13(14(26)8-15(18)27)21-22-16(28)9-24(2,3)11-19(22)31-20-12-25(4,5)10-17(29)23(20)21/h7-8,21,27H,6,9-12H2,1-5H3. The third-order valence-electron chi connectivity index (χ3n) is 6.27. The minimum absolute atomic E-state index is 0.0124. The van der Waals surface area contributed by atoms with Gasteiger partial charge in [-0.05, 0) is 35.4 Å². The van der Waals surface area contributed by atoms with Crippen LogP contribution in [0.1, 0.15) is 71.8 Å². The Morgan fingerprint density at radius 2 is 1.52 bits per heavy atom. The van der Waals surface area contributed by atoms with Gasteiger partial charge in [0, 0.05) is 47.2 Å². The molecule has 1 aromatic rings. The lowest BCUT2D eigenvalue weighted by Crippen LogP contribution is -2.37. The van der Waals surface area contributed by atoms with Gasteiger partial charge >= 0.3 is 0 Å². The molecule has 0 saturated carbocycles. The summed E-state index contributed by atoms with van der Waals surface area (Å²) in [5.74, 6) is 1.20. The molecular weight excluding hydrogens is 460 g/mol. The third-order valence-corrected chi connectivity index (χ3v) is 6.96. The Bertz CT molecular complexity index is 992. The van der Waals surface area contributed by atoms with Gasteiger partial charge in [0.1, 0.15) is 11.5 Å². The summed E-state index contributed by atoms with van der Waals surface area (Å²) in [6.45, 7) is 10.5. The average Bonchev–Trinajstić information content (AvgIpc) is 2.60. The summed E-state index contributed by atoms with van der Waals surface area (Å²) >= 11 is 3.56. The number of benzene rings is 1. The molecule has 5 nitrogen and oxygen atoms in total. The summed E-state index contributed by atoms with van der Waals surface area (Å²) in [6, 6.07) is 3.32. The second-order valence-electron chi connectivity index (χ2n) is 10.4. The molecule has 1 aliphatic heterocycles. The Morgan fingerprint density at radius 3 is 2.00 bits per heavy atom. The van der Waals surface area contributed by atoms with Crippen molar-refractivity contribution in [3.63, 3.8) is 0 Å². The number of ketones is 2. The molecule has 0 radical (unpaired) electrons. The second-order valence-corrected chi connectivity index (χ2v) is 11.2. The van der Waals surface area contributed by atoms with E-state index in [4.69, 9.17) is 9.47 Å². The van der Waals surface area contributed by atoms with Gasteiger partial charge in [0.25, 0.3) is 0 Å². The minimum Gasteiger partial charge on any atom is -0.504 e. The first kappa shape index (κ1) is 22.1. The van der Waals surface area contributed by atoms with Crippen LogP contribution in [0.3, 0.4) is 0 Å². The highest BCUT2D eigenvalue weighted by molar-refractivity contribution is 9.10. The zero-order valence-corrected chi connectivity index (χ0v) is 20.3. The fourth-order valence-corrected chi connectivity index (χ4v) is 5.60. The Morgan fingerprint density at radius 1 is 1.00 bits per heavy atom. The molecule has 6 heteroatoms. The maximum absolute atomic E-state index is 13.4. The minimum atomic E-state index is -0.528. The lowest BCUT2D eigenvalue weighted by atomic mass is 9.65. The van der Waals surface area contributed by atoms with E-state index in [0.29, 0.717) is 65.2 Å². The van der Waals surface area contributed by atoms with E-state index in [0.717, 1.165) is 5.56 Å². The van der Waals surface area contributed by atoms with Crippen LogP contribution >= 0.6 is 15.9 Å². The number of rotatable bonds is 3. The Hall–Kier alpha value is -2.08. The number of ether oxygens (including phenoxy) is 2. The lowest BCUT2D eigenvalue weighted by Gasteiger charge is -2.43. The largest absolute Gasteiger partial charge is 0.504 e. The maximum atomic E-state index is 13.4. The molecule has 3 aliphatic rings. The summed E-state index contributed by atoms with van der Waals surface area (Å²) in [5.41, 5.74) is 1.48. The van der Waals surface area contributed by atoms with Crippen molar-refractivity contribution >= 4 is 27.5 Å². The molecule has 1 heterocycles. The molecule has 0 atom stereocenters. The predicted molar refractivity (Wildman–Crippen MR) is 121 cm³/mol. The monoisotopic (exact) mass is 488 g/mol. The smallest absolute Gasteiger partial charge is 0.163 e. The van der Waals surface area contributed by atoms with E-state index in [1.807, 2.05) is 6.92 Å². The van der Waals surface area contributed by atoms with Gasteiger partial charge in [-0.1, -0.05) is 43.6 Å². The topological polar surface area (TPSA) is 72.8 Å². The summed E-state index contributed by atoms with van der Waals surface area (Å²) in [7, 11) is 0. The molecule has 0 aromatic heterocycles. The molecule has 4 rings (SSSR count). The molecule has 0 unspecified atom stereocenters. The highest BCUT2D eigenvalue weighted by Gasteiger charge is 2.48. The Kier molecular flexibility index (Phi) is 5.36. The number of phenols is 1. The van der Waals surface area contributed by atoms with Crippen molar-refractivity contribution < 1.29 is 24.2 Å². The predicted octanol–water partition coefficient (Wildman–Crippen LogP) is 5.95. The molecule has 0 saturated heterocycles. The number of Topliss-reactive ketones (excluding diaryl/α,β-unsaturated/α-hetero) is 2. The Balaban J connectivity index is 1.96. The number of allylic oxidation sites excluding steroid dienone is 4.